The minimum Gasteiger partial charge on any atom is -0.474 e. The number of amides is 2. The molecule has 1 aromatic carbocycles. The van der Waals surface area contributed by atoms with Crippen LogP contribution in [0, 0.1) is 0 Å². The lowest BCUT2D eigenvalue weighted by Crippen LogP contribution is -2.47. The van der Waals surface area contributed by atoms with Crippen LogP contribution in [0.3, 0.4) is 0 Å². The molecule has 2 amide bonds. The van der Waals surface area contributed by atoms with E-state index >= 15 is 0 Å². The molecular weight excluding hydrogens is 383 g/mol. The minimum atomic E-state index is -1.60. The van der Waals surface area contributed by atoms with Gasteiger partial charge in [0.1, 0.15) is 5.60 Å². The van der Waals surface area contributed by atoms with Gasteiger partial charge in [-0.15, -0.1) is 0 Å². The fraction of sp³-hybridized carbons (Fsp3) is 0.471. The van der Waals surface area contributed by atoms with E-state index in [1.54, 1.807) is 39.8 Å². The van der Waals surface area contributed by atoms with Gasteiger partial charge < -0.3 is 20.1 Å². The maximum absolute atomic E-state index is 12.0. The molecular formula is C17H22Cl2N2O5. The van der Waals surface area contributed by atoms with E-state index in [4.69, 9.17) is 33.0 Å². The predicted octanol–water partition coefficient (Wildman–Crippen LogP) is 3.32. The highest BCUT2D eigenvalue weighted by molar-refractivity contribution is 6.35. The Kier molecular flexibility index (Phi) is 7.71. The fourth-order valence-corrected chi connectivity index (χ4v) is 2.56. The fourth-order valence-electron chi connectivity index (χ4n) is 2.10. The second kappa shape index (κ2) is 9.09. The summed E-state index contributed by atoms with van der Waals surface area (Å²) in [5.74, 6) is -2.70. The highest BCUT2D eigenvalue weighted by Crippen LogP contribution is 2.22. The largest absolute Gasteiger partial charge is 0.474 e. The Labute approximate surface area is 162 Å². The van der Waals surface area contributed by atoms with Crippen molar-refractivity contribution in [3.05, 3.63) is 33.8 Å². The lowest BCUT2D eigenvalue weighted by Gasteiger charge is -2.27. The van der Waals surface area contributed by atoms with Gasteiger partial charge in [-0.25, -0.2) is 9.59 Å². The summed E-state index contributed by atoms with van der Waals surface area (Å²) in [7, 11) is 0. The van der Waals surface area contributed by atoms with E-state index in [1.165, 1.54) is 6.07 Å². The number of carbonyl (C=O) groups is 3. The van der Waals surface area contributed by atoms with Gasteiger partial charge in [0, 0.05) is 29.2 Å². The third kappa shape index (κ3) is 7.49. The van der Waals surface area contributed by atoms with Gasteiger partial charge in [-0.05, 0) is 45.4 Å². The molecule has 0 saturated heterocycles. The molecule has 0 aromatic heterocycles. The topological polar surface area (TPSA) is 95.9 Å². The van der Waals surface area contributed by atoms with Crippen molar-refractivity contribution in [2.24, 2.45) is 0 Å². The van der Waals surface area contributed by atoms with Gasteiger partial charge in [0.2, 0.25) is 0 Å². The van der Waals surface area contributed by atoms with Crippen molar-refractivity contribution in [2.75, 3.05) is 6.54 Å². The monoisotopic (exact) mass is 404 g/mol. The molecule has 1 atom stereocenters. The van der Waals surface area contributed by atoms with Crippen molar-refractivity contribution >= 4 is 41.2 Å². The van der Waals surface area contributed by atoms with Crippen LogP contribution >= 0.6 is 23.2 Å². The van der Waals surface area contributed by atoms with Crippen molar-refractivity contribution in [3.8, 4) is 0 Å². The van der Waals surface area contributed by atoms with E-state index in [2.05, 4.69) is 5.32 Å². The zero-order valence-electron chi connectivity index (χ0n) is 15.0. The number of nitrogens with zero attached hydrogens (tertiary/aromatic N) is 1. The van der Waals surface area contributed by atoms with Gasteiger partial charge in [-0.3, -0.25) is 4.79 Å². The Morgan fingerprint density at radius 3 is 2.38 bits per heavy atom. The maximum atomic E-state index is 12.0. The zero-order valence-corrected chi connectivity index (χ0v) is 16.5. The highest BCUT2D eigenvalue weighted by atomic mass is 35.5. The second-order valence-corrected chi connectivity index (χ2v) is 7.62. The normalized spacial score (nSPS) is 12.2. The van der Waals surface area contributed by atoms with E-state index in [-0.39, 0.29) is 13.1 Å². The molecule has 0 saturated carbocycles. The van der Waals surface area contributed by atoms with E-state index in [9.17, 15) is 14.4 Å². The summed E-state index contributed by atoms with van der Waals surface area (Å²) in [5, 5.41) is 12.3. The summed E-state index contributed by atoms with van der Waals surface area (Å²) >= 11 is 11.9. The summed E-state index contributed by atoms with van der Waals surface area (Å²) < 4.78 is 5.14. The molecule has 0 bridgehead atoms. The quantitative estimate of drug-likeness (QED) is 0.733. The van der Waals surface area contributed by atoms with Crippen LogP contribution < -0.4 is 5.32 Å². The lowest BCUT2D eigenvalue weighted by atomic mass is 10.2. The van der Waals surface area contributed by atoms with E-state index < -0.39 is 29.6 Å². The predicted molar refractivity (Wildman–Crippen MR) is 98.3 cm³/mol. The molecule has 7 nitrogen and oxygen atoms in total. The summed E-state index contributed by atoms with van der Waals surface area (Å²) in [6.07, 6.45) is -0.655. The summed E-state index contributed by atoms with van der Waals surface area (Å²) in [6.45, 7) is 6.72. The maximum Gasteiger partial charge on any atom is 0.407 e. The number of hydrogen-bond acceptors (Lipinski definition) is 4. The standard InChI is InChI=1S/C17H22Cl2N2O5/c1-10(20-16(25)26-17(2,3)4)8-21(14(22)15(23)24)9-11-5-6-12(18)7-13(11)19/h5-7,10H,8-9H2,1-4H3,(H,20,25)(H,23,24)/t10-/m0/s1. The van der Waals surface area contributed by atoms with Gasteiger partial charge >= 0.3 is 18.0 Å². The third-order valence-electron chi connectivity index (χ3n) is 3.10. The number of carboxylic acids is 1. The Bertz CT molecular complexity index is 688. The number of benzene rings is 1. The smallest absolute Gasteiger partial charge is 0.407 e. The third-order valence-corrected chi connectivity index (χ3v) is 3.69. The molecule has 9 heteroatoms. The molecule has 0 unspecified atom stereocenters. The van der Waals surface area contributed by atoms with Gasteiger partial charge in [-0.1, -0.05) is 29.3 Å². The average Bonchev–Trinajstić information content (AvgIpc) is 2.45. The molecule has 0 aliphatic heterocycles. The molecule has 0 aliphatic rings. The van der Waals surface area contributed by atoms with Crippen molar-refractivity contribution in [2.45, 2.75) is 45.9 Å². The highest BCUT2D eigenvalue weighted by Gasteiger charge is 2.25. The average molecular weight is 405 g/mol. The number of rotatable bonds is 5. The van der Waals surface area contributed by atoms with E-state index in [0.717, 1.165) is 4.90 Å². The number of aliphatic carboxylic acids is 1. The summed E-state index contributed by atoms with van der Waals surface area (Å²) in [5.41, 5.74) is -0.132. The molecule has 26 heavy (non-hydrogen) atoms. The van der Waals surface area contributed by atoms with Crippen LogP contribution in [0.1, 0.15) is 33.3 Å². The van der Waals surface area contributed by atoms with Crippen LogP contribution in [-0.4, -0.2) is 46.2 Å². The van der Waals surface area contributed by atoms with Gasteiger partial charge in [0.25, 0.3) is 0 Å². The Hall–Kier alpha value is -1.99. The molecule has 0 fully saturated rings. The van der Waals surface area contributed by atoms with Crippen LogP contribution in [0.5, 0.6) is 0 Å². The minimum absolute atomic E-state index is 0.0384. The van der Waals surface area contributed by atoms with Crippen LogP contribution in [0.2, 0.25) is 10.0 Å². The van der Waals surface area contributed by atoms with Crippen molar-refractivity contribution in [1.82, 2.24) is 10.2 Å². The molecule has 1 aromatic rings. The van der Waals surface area contributed by atoms with Crippen LogP contribution in [0.4, 0.5) is 4.79 Å². The Morgan fingerprint density at radius 1 is 1.27 bits per heavy atom. The molecule has 0 heterocycles. The van der Waals surface area contributed by atoms with Gasteiger partial charge in [0.05, 0.1) is 0 Å². The first-order chi connectivity index (χ1) is 11.9. The van der Waals surface area contributed by atoms with E-state index in [1.807, 2.05) is 0 Å². The molecule has 0 radical (unpaired) electrons. The molecule has 0 spiro atoms. The summed E-state index contributed by atoms with van der Waals surface area (Å²) in [4.78, 5) is 36.0. The number of halogens is 2. The number of ether oxygens (including phenoxy) is 1. The first kappa shape index (κ1) is 22.1. The lowest BCUT2D eigenvalue weighted by molar-refractivity contribution is -0.156. The Morgan fingerprint density at radius 2 is 1.88 bits per heavy atom. The molecule has 144 valence electrons. The molecule has 2 N–H and O–H groups in total. The second-order valence-electron chi connectivity index (χ2n) is 6.77. The number of carbonyl (C=O) groups excluding carboxylic acids is 2. The van der Waals surface area contributed by atoms with Crippen LogP contribution in [0.15, 0.2) is 18.2 Å². The van der Waals surface area contributed by atoms with E-state index in [0.29, 0.717) is 15.6 Å². The van der Waals surface area contributed by atoms with Gasteiger partial charge in [-0.2, -0.15) is 0 Å². The molecule has 0 aliphatic carbocycles. The molecule has 1 rings (SSSR count). The first-order valence-corrected chi connectivity index (χ1v) is 8.60. The number of alkyl carbamates (subject to hydrolysis) is 1. The van der Waals surface area contributed by atoms with Crippen molar-refractivity contribution in [3.63, 3.8) is 0 Å². The zero-order chi connectivity index (χ0) is 20.1. The number of carboxylic acid groups (broad SMARTS) is 1. The van der Waals surface area contributed by atoms with Crippen LogP contribution in [0.25, 0.3) is 0 Å². The van der Waals surface area contributed by atoms with Crippen LogP contribution in [-0.2, 0) is 20.9 Å². The Balaban J connectivity index is 2.85. The van der Waals surface area contributed by atoms with Crippen molar-refractivity contribution in [1.29, 1.82) is 0 Å². The number of hydrogen-bond donors (Lipinski definition) is 2. The SMILES string of the molecule is C[C@@H](CN(Cc1ccc(Cl)cc1Cl)C(=O)C(=O)O)NC(=O)OC(C)(C)C. The van der Waals surface area contributed by atoms with Gasteiger partial charge in [0.15, 0.2) is 0 Å². The number of nitrogens with one attached hydrogen (secondary N) is 1. The summed E-state index contributed by atoms with van der Waals surface area (Å²) in [6, 6.07) is 4.16. The first-order valence-electron chi connectivity index (χ1n) is 7.84. The van der Waals surface area contributed by atoms with Crippen molar-refractivity contribution < 1.29 is 24.2 Å².